The molecule has 0 aliphatic carbocycles. The molecule has 48 valence electrons. The summed E-state index contributed by atoms with van der Waals surface area (Å²) in [7, 11) is 0. The van der Waals surface area contributed by atoms with E-state index in [1.165, 1.54) is 0 Å². The van der Waals surface area contributed by atoms with Gasteiger partial charge < -0.3 is 4.52 Å². The van der Waals surface area contributed by atoms with Gasteiger partial charge in [0.15, 0.2) is 0 Å². The number of aromatic nitrogens is 1. The molecule has 0 saturated heterocycles. The van der Waals surface area contributed by atoms with E-state index in [4.69, 9.17) is 4.52 Å². The second-order valence-electron chi connectivity index (χ2n) is 1.88. The molecule has 0 aliphatic rings. The molecule has 0 aromatic carbocycles. The van der Waals surface area contributed by atoms with Crippen LogP contribution in [0.25, 0.3) is 6.08 Å². The van der Waals surface area contributed by atoms with Crippen LogP contribution in [0.3, 0.4) is 0 Å². The zero-order valence-corrected chi connectivity index (χ0v) is 5.59. The van der Waals surface area contributed by atoms with E-state index in [0.717, 1.165) is 11.3 Å². The van der Waals surface area contributed by atoms with Crippen LogP contribution in [0.2, 0.25) is 0 Å². The van der Waals surface area contributed by atoms with Crippen molar-refractivity contribution in [3.63, 3.8) is 0 Å². The predicted octanol–water partition coefficient (Wildman–Crippen LogP) is 2.02. The number of allylic oxidation sites excluding steroid dienone is 1. The van der Waals surface area contributed by atoms with Crippen LogP contribution in [-0.2, 0) is 0 Å². The Morgan fingerprint density at radius 3 is 2.89 bits per heavy atom. The molecule has 0 amide bonds. The van der Waals surface area contributed by atoms with E-state index in [1.54, 1.807) is 6.26 Å². The van der Waals surface area contributed by atoms with Gasteiger partial charge in [0.05, 0.1) is 0 Å². The van der Waals surface area contributed by atoms with E-state index < -0.39 is 0 Å². The molecule has 0 bridgehead atoms. The Hall–Kier alpha value is -1.05. The van der Waals surface area contributed by atoms with Gasteiger partial charge >= 0.3 is 0 Å². The van der Waals surface area contributed by atoms with E-state index >= 15 is 0 Å². The summed E-state index contributed by atoms with van der Waals surface area (Å²) in [6.45, 7) is 3.92. The first-order valence-electron chi connectivity index (χ1n) is 2.88. The quantitative estimate of drug-likeness (QED) is 0.571. The number of hydrogen-bond donors (Lipinski definition) is 0. The zero-order chi connectivity index (χ0) is 6.69. The molecule has 0 atom stereocenters. The Balaban J connectivity index is 2.94. The third-order valence-electron chi connectivity index (χ3n) is 1.11. The van der Waals surface area contributed by atoms with E-state index in [0.29, 0.717) is 0 Å². The molecule has 0 unspecified atom stereocenters. The van der Waals surface area contributed by atoms with Gasteiger partial charge in [0, 0.05) is 5.56 Å². The lowest BCUT2D eigenvalue weighted by Crippen LogP contribution is -1.71. The van der Waals surface area contributed by atoms with Gasteiger partial charge in [-0.2, -0.15) is 0 Å². The van der Waals surface area contributed by atoms with Gasteiger partial charge in [-0.05, 0) is 19.9 Å². The Bertz CT molecular complexity index is 212. The molecule has 1 rings (SSSR count). The molecule has 0 saturated carbocycles. The monoisotopic (exact) mass is 123 g/mol. The lowest BCUT2D eigenvalue weighted by Gasteiger charge is -1.79. The van der Waals surface area contributed by atoms with Crippen molar-refractivity contribution in [3.8, 4) is 0 Å². The van der Waals surface area contributed by atoms with Crippen LogP contribution in [0.4, 0.5) is 0 Å². The maximum atomic E-state index is 4.70. The molecule has 0 aliphatic heterocycles. The van der Waals surface area contributed by atoms with Crippen LogP contribution in [0.5, 0.6) is 0 Å². The van der Waals surface area contributed by atoms with Crippen molar-refractivity contribution in [2.24, 2.45) is 0 Å². The molecule has 1 aromatic heterocycles. The minimum absolute atomic E-state index is 0.914. The van der Waals surface area contributed by atoms with E-state index in [2.05, 4.69) is 5.16 Å². The first-order valence-corrected chi connectivity index (χ1v) is 2.88. The number of rotatable bonds is 1. The van der Waals surface area contributed by atoms with Crippen LogP contribution in [0.1, 0.15) is 18.2 Å². The Kier molecular flexibility index (Phi) is 1.68. The fraction of sp³-hybridized carbons (Fsp3) is 0.286. The Labute approximate surface area is 54.2 Å². The SMILES string of the molecule is C/C=C\c1nocc1C. The van der Waals surface area contributed by atoms with Crippen LogP contribution >= 0.6 is 0 Å². The van der Waals surface area contributed by atoms with E-state index in [-0.39, 0.29) is 0 Å². The van der Waals surface area contributed by atoms with Crippen LogP contribution in [-0.4, -0.2) is 5.16 Å². The Morgan fingerprint density at radius 2 is 2.44 bits per heavy atom. The number of aryl methyl sites for hydroxylation is 1. The van der Waals surface area contributed by atoms with Crippen LogP contribution in [0, 0.1) is 6.92 Å². The second kappa shape index (κ2) is 2.49. The Morgan fingerprint density at radius 1 is 1.67 bits per heavy atom. The largest absolute Gasteiger partial charge is 0.364 e. The number of nitrogens with zero attached hydrogens (tertiary/aromatic N) is 1. The van der Waals surface area contributed by atoms with E-state index in [9.17, 15) is 0 Å². The first kappa shape index (κ1) is 6.08. The van der Waals surface area contributed by atoms with Crippen molar-refractivity contribution in [2.45, 2.75) is 13.8 Å². The minimum atomic E-state index is 0.914. The van der Waals surface area contributed by atoms with Gasteiger partial charge in [-0.25, -0.2) is 0 Å². The summed E-state index contributed by atoms with van der Waals surface area (Å²) in [5, 5.41) is 3.74. The van der Waals surface area contributed by atoms with Gasteiger partial charge in [-0.1, -0.05) is 11.2 Å². The molecule has 0 radical (unpaired) electrons. The van der Waals surface area contributed by atoms with Crippen molar-refractivity contribution in [1.29, 1.82) is 0 Å². The normalized spacial score (nSPS) is 10.9. The molecule has 2 heteroatoms. The highest BCUT2D eigenvalue weighted by atomic mass is 16.5. The average molecular weight is 123 g/mol. The van der Waals surface area contributed by atoms with E-state index in [1.807, 2.05) is 26.0 Å². The third-order valence-corrected chi connectivity index (χ3v) is 1.11. The van der Waals surface area contributed by atoms with Crippen LogP contribution < -0.4 is 0 Å². The van der Waals surface area contributed by atoms with Gasteiger partial charge in [-0.3, -0.25) is 0 Å². The summed E-state index contributed by atoms with van der Waals surface area (Å²) in [5.74, 6) is 0. The minimum Gasteiger partial charge on any atom is -0.364 e. The highest BCUT2D eigenvalue weighted by Gasteiger charge is 1.94. The highest BCUT2D eigenvalue weighted by Crippen LogP contribution is 2.05. The fourth-order valence-electron chi connectivity index (χ4n) is 0.614. The maximum Gasteiger partial charge on any atom is 0.127 e. The standard InChI is InChI=1S/C7H9NO/c1-3-4-7-6(2)5-9-8-7/h3-5H,1-2H3/b4-3-. The summed E-state index contributed by atoms with van der Waals surface area (Å²) in [6, 6.07) is 0. The van der Waals surface area contributed by atoms with Crippen molar-refractivity contribution in [1.82, 2.24) is 5.16 Å². The van der Waals surface area contributed by atoms with Gasteiger partial charge in [0.25, 0.3) is 0 Å². The van der Waals surface area contributed by atoms with Crippen molar-refractivity contribution in [3.05, 3.63) is 23.6 Å². The lowest BCUT2D eigenvalue weighted by atomic mass is 10.3. The maximum absolute atomic E-state index is 4.70. The molecule has 0 fully saturated rings. The zero-order valence-electron chi connectivity index (χ0n) is 5.59. The first-order chi connectivity index (χ1) is 4.34. The van der Waals surface area contributed by atoms with Gasteiger partial charge in [0.2, 0.25) is 0 Å². The third kappa shape index (κ3) is 1.19. The summed E-state index contributed by atoms with van der Waals surface area (Å²) in [4.78, 5) is 0. The lowest BCUT2D eigenvalue weighted by molar-refractivity contribution is 0.418. The molecule has 1 heterocycles. The van der Waals surface area contributed by atoms with Crippen LogP contribution in [0.15, 0.2) is 16.9 Å². The molecule has 0 N–H and O–H groups in total. The fourth-order valence-corrected chi connectivity index (χ4v) is 0.614. The van der Waals surface area contributed by atoms with Gasteiger partial charge in [-0.15, -0.1) is 0 Å². The summed E-state index contributed by atoms with van der Waals surface area (Å²) in [5.41, 5.74) is 1.99. The van der Waals surface area contributed by atoms with Crippen molar-refractivity contribution < 1.29 is 4.52 Å². The topological polar surface area (TPSA) is 26.0 Å². The summed E-state index contributed by atoms with van der Waals surface area (Å²) < 4.78 is 4.70. The number of hydrogen-bond acceptors (Lipinski definition) is 2. The average Bonchev–Trinajstić information content (AvgIpc) is 2.18. The molecular formula is C7H9NO. The molecule has 9 heavy (non-hydrogen) atoms. The molecule has 1 aromatic rings. The predicted molar refractivity (Wildman–Crippen MR) is 35.9 cm³/mol. The smallest absolute Gasteiger partial charge is 0.127 e. The molecule has 2 nitrogen and oxygen atoms in total. The highest BCUT2D eigenvalue weighted by molar-refractivity contribution is 5.46. The van der Waals surface area contributed by atoms with Gasteiger partial charge in [0.1, 0.15) is 12.0 Å². The van der Waals surface area contributed by atoms with Crippen molar-refractivity contribution >= 4 is 6.08 Å². The molecule has 0 spiro atoms. The summed E-state index contributed by atoms with van der Waals surface area (Å²) in [6.07, 6.45) is 5.49. The molecular weight excluding hydrogens is 114 g/mol. The second-order valence-corrected chi connectivity index (χ2v) is 1.88. The summed E-state index contributed by atoms with van der Waals surface area (Å²) >= 11 is 0. The van der Waals surface area contributed by atoms with Crippen molar-refractivity contribution in [2.75, 3.05) is 0 Å².